The number of thioether (sulfide) groups is 1. The lowest BCUT2D eigenvalue weighted by Crippen LogP contribution is -2.46. The largest absolute Gasteiger partial charge is 0.398 e. The summed E-state index contributed by atoms with van der Waals surface area (Å²) >= 11 is 1.97. The molecule has 0 radical (unpaired) electrons. The average molecular weight is 293 g/mol. The second-order valence-corrected chi connectivity index (χ2v) is 7.69. The Balaban J connectivity index is 1.94. The number of carbonyl (C=O) groups excluding carboxylic acids is 1. The fourth-order valence-electron chi connectivity index (χ4n) is 2.43. The van der Waals surface area contributed by atoms with E-state index in [1.807, 2.05) is 36.9 Å². The molecule has 1 amide bonds. The zero-order valence-corrected chi connectivity index (χ0v) is 13.2. The number of amides is 1. The molecule has 0 saturated carbocycles. The fraction of sp³-hybridized carbons (Fsp3) is 0.533. The van der Waals surface area contributed by atoms with Crippen molar-refractivity contribution in [2.45, 2.75) is 25.5 Å². The maximum absolute atomic E-state index is 12.2. The average Bonchev–Trinajstić information content (AvgIpc) is 2.33. The molecular formula is C15H23N3OS. The van der Waals surface area contributed by atoms with E-state index in [1.165, 1.54) is 0 Å². The number of hydrogen-bond acceptors (Lipinski definition) is 4. The molecule has 0 unspecified atom stereocenters. The predicted molar refractivity (Wildman–Crippen MR) is 87.2 cm³/mol. The second-order valence-electron chi connectivity index (χ2n) is 5.89. The van der Waals surface area contributed by atoms with Crippen LogP contribution in [-0.2, 0) is 4.79 Å². The van der Waals surface area contributed by atoms with Crippen LogP contribution in [-0.4, -0.2) is 40.9 Å². The Morgan fingerprint density at radius 3 is 2.95 bits per heavy atom. The van der Waals surface area contributed by atoms with Crippen molar-refractivity contribution in [2.24, 2.45) is 0 Å². The standard InChI is InChI=1S/C15H23N3OS/c1-11-12(16)5-4-6-13(11)17-14(19)9-18-7-8-20-15(2,3)10-18/h4-6H,7-10,16H2,1-3H3,(H,17,19). The van der Waals surface area contributed by atoms with E-state index in [0.29, 0.717) is 12.2 Å². The Morgan fingerprint density at radius 2 is 2.25 bits per heavy atom. The monoisotopic (exact) mass is 293 g/mol. The molecule has 4 nitrogen and oxygen atoms in total. The van der Waals surface area contributed by atoms with Crippen LogP contribution in [0.5, 0.6) is 0 Å². The van der Waals surface area contributed by atoms with Crippen LogP contribution in [0.25, 0.3) is 0 Å². The van der Waals surface area contributed by atoms with Crippen molar-refractivity contribution in [3.05, 3.63) is 23.8 Å². The summed E-state index contributed by atoms with van der Waals surface area (Å²) in [5.74, 6) is 1.11. The van der Waals surface area contributed by atoms with Gasteiger partial charge in [-0.1, -0.05) is 6.07 Å². The SMILES string of the molecule is Cc1c(N)cccc1NC(=O)CN1CCSC(C)(C)C1. The van der Waals surface area contributed by atoms with Crippen molar-refractivity contribution in [1.29, 1.82) is 0 Å². The first-order valence-corrected chi connectivity index (χ1v) is 7.87. The highest BCUT2D eigenvalue weighted by molar-refractivity contribution is 8.00. The van der Waals surface area contributed by atoms with E-state index in [9.17, 15) is 4.79 Å². The van der Waals surface area contributed by atoms with E-state index in [0.717, 1.165) is 30.1 Å². The smallest absolute Gasteiger partial charge is 0.238 e. The Kier molecular flexibility index (Phi) is 4.60. The molecule has 3 N–H and O–H groups in total. The van der Waals surface area contributed by atoms with Crippen LogP contribution >= 0.6 is 11.8 Å². The first kappa shape index (κ1) is 15.2. The molecule has 110 valence electrons. The van der Waals surface area contributed by atoms with Gasteiger partial charge < -0.3 is 11.1 Å². The molecule has 1 heterocycles. The molecule has 20 heavy (non-hydrogen) atoms. The number of nitrogens with one attached hydrogen (secondary N) is 1. The summed E-state index contributed by atoms with van der Waals surface area (Å²) in [6.45, 7) is 8.73. The van der Waals surface area contributed by atoms with Crippen molar-refractivity contribution in [2.75, 3.05) is 36.4 Å². The molecule has 1 saturated heterocycles. The number of rotatable bonds is 3. The molecule has 1 aliphatic rings. The summed E-state index contributed by atoms with van der Waals surface area (Å²) in [6.07, 6.45) is 0. The summed E-state index contributed by atoms with van der Waals surface area (Å²) < 4.78 is 0.228. The van der Waals surface area contributed by atoms with Crippen molar-refractivity contribution < 1.29 is 4.79 Å². The zero-order valence-electron chi connectivity index (χ0n) is 12.4. The minimum atomic E-state index is 0.0291. The van der Waals surface area contributed by atoms with Crippen LogP contribution in [0.2, 0.25) is 0 Å². The summed E-state index contributed by atoms with van der Waals surface area (Å²) in [6, 6.07) is 5.59. The zero-order chi connectivity index (χ0) is 14.8. The van der Waals surface area contributed by atoms with Gasteiger partial charge in [-0.25, -0.2) is 0 Å². The van der Waals surface area contributed by atoms with Crippen LogP contribution in [0.4, 0.5) is 11.4 Å². The topological polar surface area (TPSA) is 58.4 Å². The van der Waals surface area contributed by atoms with Crippen molar-refractivity contribution in [3.8, 4) is 0 Å². The summed E-state index contributed by atoms with van der Waals surface area (Å²) in [7, 11) is 0. The Hall–Kier alpha value is -1.20. The lowest BCUT2D eigenvalue weighted by atomic mass is 10.1. The Morgan fingerprint density at radius 1 is 1.50 bits per heavy atom. The third-order valence-electron chi connectivity index (χ3n) is 3.52. The summed E-state index contributed by atoms with van der Waals surface area (Å²) in [4.78, 5) is 14.4. The van der Waals surface area contributed by atoms with E-state index in [4.69, 9.17) is 5.73 Å². The summed E-state index contributed by atoms with van der Waals surface area (Å²) in [5, 5.41) is 2.96. The van der Waals surface area contributed by atoms with Gasteiger partial charge in [0, 0.05) is 35.0 Å². The number of benzene rings is 1. The molecule has 0 bridgehead atoms. The molecular weight excluding hydrogens is 270 g/mol. The van der Waals surface area contributed by atoms with Crippen LogP contribution in [0.1, 0.15) is 19.4 Å². The highest BCUT2D eigenvalue weighted by Gasteiger charge is 2.27. The van der Waals surface area contributed by atoms with Crippen molar-refractivity contribution in [3.63, 3.8) is 0 Å². The van der Waals surface area contributed by atoms with Gasteiger partial charge >= 0.3 is 0 Å². The van der Waals surface area contributed by atoms with E-state index in [1.54, 1.807) is 0 Å². The normalized spacial score (nSPS) is 18.8. The quantitative estimate of drug-likeness (QED) is 0.840. The number of nitrogens with two attached hydrogens (primary N) is 1. The molecule has 0 spiro atoms. The third-order valence-corrected chi connectivity index (χ3v) is 4.82. The van der Waals surface area contributed by atoms with Gasteiger partial charge in [-0.15, -0.1) is 0 Å². The van der Waals surface area contributed by atoms with E-state index in [2.05, 4.69) is 24.1 Å². The maximum atomic E-state index is 12.2. The molecule has 1 aromatic rings. The van der Waals surface area contributed by atoms with Crippen molar-refractivity contribution >= 4 is 29.0 Å². The van der Waals surface area contributed by atoms with Gasteiger partial charge in [0.25, 0.3) is 0 Å². The Labute approximate surface area is 125 Å². The molecule has 1 aliphatic heterocycles. The number of anilines is 2. The van der Waals surface area contributed by atoms with Gasteiger partial charge in [0.1, 0.15) is 0 Å². The highest BCUT2D eigenvalue weighted by Crippen LogP contribution is 2.29. The van der Waals surface area contributed by atoms with E-state index < -0.39 is 0 Å². The van der Waals surface area contributed by atoms with Gasteiger partial charge in [-0.2, -0.15) is 11.8 Å². The van der Waals surface area contributed by atoms with Crippen LogP contribution in [0, 0.1) is 6.92 Å². The lowest BCUT2D eigenvalue weighted by molar-refractivity contribution is -0.117. The predicted octanol–water partition coefficient (Wildman–Crippen LogP) is 2.34. The van der Waals surface area contributed by atoms with Gasteiger partial charge in [-0.05, 0) is 38.5 Å². The molecule has 0 atom stereocenters. The third kappa shape index (κ3) is 3.90. The van der Waals surface area contributed by atoms with Crippen LogP contribution in [0.3, 0.4) is 0 Å². The fourth-order valence-corrected chi connectivity index (χ4v) is 3.61. The van der Waals surface area contributed by atoms with Gasteiger partial charge in [-0.3, -0.25) is 9.69 Å². The Bertz CT molecular complexity index is 502. The van der Waals surface area contributed by atoms with E-state index in [-0.39, 0.29) is 10.7 Å². The lowest BCUT2D eigenvalue weighted by Gasteiger charge is -2.37. The number of hydrogen-bond donors (Lipinski definition) is 2. The second kappa shape index (κ2) is 6.06. The van der Waals surface area contributed by atoms with Gasteiger partial charge in [0.05, 0.1) is 6.54 Å². The first-order chi connectivity index (χ1) is 9.37. The number of nitrogens with zero attached hydrogens (tertiary/aromatic N) is 1. The molecule has 1 aromatic carbocycles. The molecule has 5 heteroatoms. The minimum Gasteiger partial charge on any atom is -0.398 e. The van der Waals surface area contributed by atoms with E-state index >= 15 is 0 Å². The van der Waals surface area contributed by atoms with Gasteiger partial charge in [0.2, 0.25) is 5.91 Å². The molecule has 0 aromatic heterocycles. The summed E-state index contributed by atoms with van der Waals surface area (Å²) in [5.41, 5.74) is 8.29. The van der Waals surface area contributed by atoms with Crippen LogP contribution in [0.15, 0.2) is 18.2 Å². The maximum Gasteiger partial charge on any atom is 0.238 e. The molecule has 2 rings (SSSR count). The van der Waals surface area contributed by atoms with Gasteiger partial charge in [0.15, 0.2) is 0 Å². The number of nitrogen functional groups attached to an aromatic ring is 1. The highest BCUT2D eigenvalue weighted by atomic mass is 32.2. The number of carbonyl (C=O) groups is 1. The molecule has 1 fully saturated rings. The molecule has 0 aliphatic carbocycles. The minimum absolute atomic E-state index is 0.0291. The van der Waals surface area contributed by atoms with Crippen molar-refractivity contribution in [1.82, 2.24) is 4.90 Å². The van der Waals surface area contributed by atoms with Crippen LogP contribution < -0.4 is 11.1 Å². The first-order valence-electron chi connectivity index (χ1n) is 6.89.